The van der Waals surface area contributed by atoms with E-state index in [2.05, 4.69) is 0 Å². The lowest BCUT2D eigenvalue weighted by Crippen LogP contribution is -2.12. The summed E-state index contributed by atoms with van der Waals surface area (Å²) in [5, 5.41) is 8.12. The first-order valence-corrected chi connectivity index (χ1v) is 5.46. The van der Waals surface area contributed by atoms with Crippen molar-refractivity contribution in [2.75, 3.05) is 7.11 Å². The molecule has 0 aliphatic heterocycles. The molecule has 1 atom stereocenters. The summed E-state index contributed by atoms with van der Waals surface area (Å²) in [6, 6.07) is 4.66. The average Bonchev–Trinajstić information content (AvgIpc) is 2.27. The first kappa shape index (κ1) is 13.5. The van der Waals surface area contributed by atoms with Crippen LogP contribution in [0.25, 0.3) is 0 Å². The molecule has 1 rings (SSSR count). The van der Waals surface area contributed by atoms with Crippen molar-refractivity contribution in [3.8, 4) is 5.75 Å². The number of benzene rings is 1. The van der Waals surface area contributed by atoms with Gasteiger partial charge in [-0.15, -0.1) is 11.6 Å². The van der Waals surface area contributed by atoms with Gasteiger partial charge in [-0.25, -0.2) is 0 Å². The zero-order chi connectivity index (χ0) is 13.0. The molecule has 0 amide bonds. The molecule has 1 unspecified atom stereocenters. The maximum atomic E-state index is 11.7. The van der Waals surface area contributed by atoms with Crippen molar-refractivity contribution in [2.45, 2.75) is 18.7 Å². The van der Waals surface area contributed by atoms with E-state index in [1.807, 2.05) is 0 Å². The number of carboxylic acids is 1. The van der Waals surface area contributed by atoms with E-state index in [1.54, 1.807) is 19.1 Å². The van der Waals surface area contributed by atoms with Crippen LogP contribution in [0.15, 0.2) is 18.2 Å². The number of alkyl halides is 1. The Balaban J connectivity index is 3.12. The third-order valence-corrected chi connectivity index (χ3v) is 2.47. The van der Waals surface area contributed by atoms with Crippen LogP contribution in [0, 0.1) is 0 Å². The number of hydrogen-bond donors (Lipinski definition) is 1. The first-order valence-electron chi connectivity index (χ1n) is 5.02. The Labute approximate surface area is 104 Å². The van der Waals surface area contributed by atoms with Crippen LogP contribution in [0.3, 0.4) is 0 Å². The minimum atomic E-state index is -0.980. The highest BCUT2D eigenvalue weighted by atomic mass is 35.5. The normalized spacial score (nSPS) is 11.9. The molecule has 0 aliphatic rings. The number of aliphatic carboxylic acids is 1. The number of hydrogen-bond acceptors (Lipinski definition) is 3. The molecule has 0 heterocycles. The summed E-state index contributed by atoms with van der Waals surface area (Å²) in [4.78, 5) is 22.3. The molecule has 1 N–H and O–H groups in total. The van der Waals surface area contributed by atoms with Gasteiger partial charge in [0, 0.05) is 11.1 Å². The van der Waals surface area contributed by atoms with Crippen molar-refractivity contribution >= 4 is 23.4 Å². The Bertz CT molecular complexity index is 440. The molecule has 0 saturated heterocycles. The number of halogens is 1. The second-order valence-electron chi connectivity index (χ2n) is 3.58. The fourth-order valence-corrected chi connectivity index (χ4v) is 1.59. The smallest absolute Gasteiger partial charge is 0.307 e. The summed E-state index contributed by atoms with van der Waals surface area (Å²) in [5.41, 5.74) is 0.854. The number of carbonyl (C=O) groups excluding carboxylic acids is 1. The van der Waals surface area contributed by atoms with Gasteiger partial charge in [0.05, 0.1) is 18.9 Å². The first-order chi connectivity index (χ1) is 7.95. The molecule has 0 spiro atoms. The fourth-order valence-electron chi connectivity index (χ4n) is 1.46. The number of ketones is 1. The predicted molar refractivity (Wildman–Crippen MR) is 64.0 cm³/mol. The maximum Gasteiger partial charge on any atom is 0.307 e. The molecule has 1 aromatic carbocycles. The lowest BCUT2D eigenvalue weighted by molar-refractivity contribution is -0.136. The van der Waals surface area contributed by atoms with Gasteiger partial charge in [0.15, 0.2) is 5.78 Å². The van der Waals surface area contributed by atoms with Crippen molar-refractivity contribution < 1.29 is 19.4 Å². The van der Waals surface area contributed by atoms with Crippen LogP contribution in [-0.2, 0) is 11.2 Å². The number of ether oxygens (including phenoxy) is 1. The monoisotopic (exact) mass is 256 g/mol. The Morgan fingerprint density at radius 3 is 2.59 bits per heavy atom. The lowest BCUT2D eigenvalue weighted by Gasteiger charge is -2.09. The van der Waals surface area contributed by atoms with Crippen molar-refractivity contribution in [1.29, 1.82) is 0 Å². The van der Waals surface area contributed by atoms with Gasteiger partial charge in [0.25, 0.3) is 0 Å². The number of carbonyl (C=O) groups is 2. The van der Waals surface area contributed by atoms with E-state index >= 15 is 0 Å². The van der Waals surface area contributed by atoms with Gasteiger partial charge in [-0.2, -0.15) is 0 Å². The highest BCUT2D eigenvalue weighted by Gasteiger charge is 2.15. The van der Waals surface area contributed by atoms with Crippen LogP contribution in [0.1, 0.15) is 22.8 Å². The van der Waals surface area contributed by atoms with Crippen LogP contribution >= 0.6 is 11.6 Å². The van der Waals surface area contributed by atoms with Gasteiger partial charge in [0.1, 0.15) is 5.75 Å². The van der Waals surface area contributed by atoms with Crippen LogP contribution in [0.2, 0.25) is 0 Å². The van der Waals surface area contributed by atoms with Gasteiger partial charge in [0.2, 0.25) is 0 Å². The van der Waals surface area contributed by atoms with Crippen molar-refractivity contribution in [3.63, 3.8) is 0 Å². The van der Waals surface area contributed by atoms with E-state index in [4.69, 9.17) is 21.4 Å². The SMILES string of the molecule is COc1ccc(C(=O)C(C)Cl)cc1CC(=O)O. The highest BCUT2D eigenvalue weighted by molar-refractivity contribution is 6.33. The van der Waals surface area contributed by atoms with Crippen LogP contribution < -0.4 is 4.74 Å². The minimum absolute atomic E-state index is 0.193. The van der Waals surface area contributed by atoms with E-state index in [0.29, 0.717) is 16.9 Å². The largest absolute Gasteiger partial charge is 0.496 e. The van der Waals surface area contributed by atoms with Crippen molar-refractivity contribution in [3.05, 3.63) is 29.3 Å². The third-order valence-electron chi connectivity index (χ3n) is 2.27. The molecule has 0 aliphatic carbocycles. The predicted octanol–water partition coefficient (Wildman–Crippen LogP) is 2.13. The van der Waals surface area contributed by atoms with E-state index in [9.17, 15) is 9.59 Å². The zero-order valence-electron chi connectivity index (χ0n) is 9.57. The molecular formula is C12H13ClO4. The van der Waals surface area contributed by atoms with Crippen LogP contribution in [0.4, 0.5) is 0 Å². The van der Waals surface area contributed by atoms with Crippen LogP contribution in [0.5, 0.6) is 5.75 Å². The quantitative estimate of drug-likeness (QED) is 0.648. The number of methoxy groups -OCH3 is 1. The Morgan fingerprint density at radius 2 is 2.12 bits per heavy atom. The standard InChI is InChI=1S/C12H13ClO4/c1-7(13)12(16)8-3-4-10(17-2)9(5-8)6-11(14)15/h3-5,7H,6H2,1-2H3,(H,14,15). The second kappa shape index (κ2) is 5.68. The maximum absolute atomic E-state index is 11.7. The number of carboxylic acid groups (broad SMARTS) is 1. The average molecular weight is 257 g/mol. The van der Waals surface area contributed by atoms with E-state index in [0.717, 1.165) is 0 Å². The summed E-state index contributed by atoms with van der Waals surface area (Å²) in [7, 11) is 1.45. The highest BCUT2D eigenvalue weighted by Crippen LogP contribution is 2.22. The summed E-state index contributed by atoms with van der Waals surface area (Å²) in [6.45, 7) is 1.57. The Hall–Kier alpha value is -1.55. The van der Waals surface area contributed by atoms with E-state index in [1.165, 1.54) is 13.2 Å². The molecule has 92 valence electrons. The number of Topliss-reactive ketones (excluding diaryl/α,β-unsaturated/α-hetero) is 1. The molecule has 17 heavy (non-hydrogen) atoms. The lowest BCUT2D eigenvalue weighted by atomic mass is 10.0. The molecule has 5 heteroatoms. The summed E-state index contributed by atoms with van der Waals surface area (Å²) >= 11 is 5.70. The summed E-state index contributed by atoms with van der Waals surface area (Å²) in [5.74, 6) is -0.765. The summed E-state index contributed by atoms with van der Waals surface area (Å²) < 4.78 is 5.03. The molecule has 0 aromatic heterocycles. The van der Waals surface area contributed by atoms with Gasteiger partial charge in [-0.05, 0) is 25.1 Å². The molecule has 4 nitrogen and oxygen atoms in total. The fraction of sp³-hybridized carbons (Fsp3) is 0.333. The Morgan fingerprint density at radius 1 is 1.47 bits per heavy atom. The summed E-state index contributed by atoms with van der Waals surface area (Å²) in [6.07, 6.45) is -0.193. The third kappa shape index (κ3) is 3.46. The molecule has 0 bridgehead atoms. The molecule has 1 aromatic rings. The second-order valence-corrected chi connectivity index (χ2v) is 4.23. The van der Waals surface area contributed by atoms with Gasteiger partial charge < -0.3 is 9.84 Å². The molecule has 0 saturated carbocycles. The van der Waals surface area contributed by atoms with E-state index in [-0.39, 0.29) is 12.2 Å². The zero-order valence-corrected chi connectivity index (χ0v) is 10.3. The van der Waals surface area contributed by atoms with E-state index < -0.39 is 11.3 Å². The van der Waals surface area contributed by atoms with Crippen molar-refractivity contribution in [1.82, 2.24) is 0 Å². The van der Waals surface area contributed by atoms with Gasteiger partial charge in [-0.3, -0.25) is 9.59 Å². The minimum Gasteiger partial charge on any atom is -0.496 e. The Kier molecular flexibility index (Phi) is 4.52. The molecular weight excluding hydrogens is 244 g/mol. The molecule has 0 radical (unpaired) electrons. The van der Waals surface area contributed by atoms with Gasteiger partial charge >= 0.3 is 5.97 Å². The van der Waals surface area contributed by atoms with Crippen LogP contribution in [-0.4, -0.2) is 29.3 Å². The van der Waals surface area contributed by atoms with Crippen molar-refractivity contribution in [2.24, 2.45) is 0 Å². The number of rotatable bonds is 5. The topological polar surface area (TPSA) is 63.6 Å². The molecule has 0 fully saturated rings. The van der Waals surface area contributed by atoms with Gasteiger partial charge in [-0.1, -0.05) is 0 Å².